The van der Waals surface area contributed by atoms with Crippen molar-refractivity contribution < 1.29 is 14.1 Å². The van der Waals surface area contributed by atoms with Gasteiger partial charge in [0.25, 0.3) is 11.6 Å². The van der Waals surface area contributed by atoms with Gasteiger partial charge in [-0.2, -0.15) is 0 Å². The van der Waals surface area contributed by atoms with Gasteiger partial charge in [-0.1, -0.05) is 31.1 Å². The lowest BCUT2D eigenvalue weighted by Crippen LogP contribution is -2.30. The minimum absolute atomic E-state index is 0.149. The van der Waals surface area contributed by atoms with E-state index in [1.165, 1.54) is 0 Å². The lowest BCUT2D eigenvalue weighted by molar-refractivity contribution is 0.0941. The summed E-state index contributed by atoms with van der Waals surface area (Å²) in [5, 5.41) is 13.4. The van der Waals surface area contributed by atoms with Crippen LogP contribution in [0.1, 0.15) is 72.9 Å². The minimum Gasteiger partial charge on any atom is -0.345 e. The Bertz CT molecular complexity index is 1120. The summed E-state index contributed by atoms with van der Waals surface area (Å²) in [7, 11) is 0. The quantitative estimate of drug-likeness (QED) is 0.545. The van der Waals surface area contributed by atoms with Gasteiger partial charge < -0.3 is 20.5 Å². The van der Waals surface area contributed by atoms with Crippen LogP contribution in [0.4, 0.5) is 10.5 Å². The van der Waals surface area contributed by atoms with Gasteiger partial charge >= 0.3 is 6.03 Å². The van der Waals surface area contributed by atoms with Crippen molar-refractivity contribution >= 4 is 28.7 Å². The number of hydrogen-bond donors (Lipinski definition) is 3. The lowest BCUT2D eigenvalue weighted by Gasteiger charge is -2.16. The molecule has 0 bridgehead atoms. The van der Waals surface area contributed by atoms with Gasteiger partial charge in [0.2, 0.25) is 0 Å². The molecule has 8 heteroatoms. The number of urea groups is 1. The third-order valence-corrected chi connectivity index (χ3v) is 5.40. The SMILES string of the molecule is Cc1noc2nc(C(C)C)cc(C(=O)NC(C)c3ccc(NC(=O)NC4CC4)cc3)c12. The van der Waals surface area contributed by atoms with Crippen molar-refractivity contribution in [1.82, 2.24) is 20.8 Å². The molecule has 31 heavy (non-hydrogen) atoms. The van der Waals surface area contributed by atoms with Crippen LogP contribution in [0.3, 0.4) is 0 Å². The number of aromatic nitrogens is 2. The van der Waals surface area contributed by atoms with Crippen LogP contribution in [0.2, 0.25) is 0 Å². The Hall–Kier alpha value is -3.42. The van der Waals surface area contributed by atoms with E-state index < -0.39 is 0 Å². The van der Waals surface area contributed by atoms with Crippen LogP contribution in [0, 0.1) is 6.92 Å². The Morgan fingerprint density at radius 2 is 1.84 bits per heavy atom. The number of fused-ring (bicyclic) bond motifs is 1. The predicted molar refractivity (Wildman–Crippen MR) is 118 cm³/mol. The number of nitrogens with zero attached hydrogens (tertiary/aromatic N) is 2. The molecule has 2 heterocycles. The topological polar surface area (TPSA) is 109 Å². The molecule has 2 aromatic heterocycles. The Morgan fingerprint density at radius 1 is 1.13 bits per heavy atom. The lowest BCUT2D eigenvalue weighted by atomic mass is 10.0. The van der Waals surface area contributed by atoms with Crippen molar-refractivity contribution in [3.8, 4) is 0 Å². The van der Waals surface area contributed by atoms with Crippen molar-refractivity contribution in [2.45, 2.75) is 58.5 Å². The summed E-state index contributed by atoms with van der Waals surface area (Å²) < 4.78 is 5.31. The molecule has 0 aliphatic heterocycles. The normalized spacial score (nSPS) is 14.5. The highest BCUT2D eigenvalue weighted by Crippen LogP contribution is 2.26. The third kappa shape index (κ3) is 4.68. The average molecular weight is 422 g/mol. The predicted octanol–water partition coefficient (Wildman–Crippen LogP) is 4.43. The van der Waals surface area contributed by atoms with Gasteiger partial charge in [-0.15, -0.1) is 0 Å². The first kappa shape index (κ1) is 20.8. The number of carbonyl (C=O) groups excluding carboxylic acids is 2. The molecular weight excluding hydrogens is 394 g/mol. The number of amides is 3. The summed E-state index contributed by atoms with van der Waals surface area (Å²) in [6, 6.07) is 9.14. The Kier molecular flexibility index (Phi) is 5.63. The maximum Gasteiger partial charge on any atom is 0.319 e. The van der Waals surface area contributed by atoms with Crippen LogP contribution in [-0.2, 0) is 0 Å². The molecule has 1 aliphatic carbocycles. The highest BCUT2D eigenvalue weighted by Gasteiger charge is 2.23. The molecule has 3 N–H and O–H groups in total. The molecule has 1 aromatic carbocycles. The Labute approximate surface area is 180 Å². The van der Waals surface area contributed by atoms with Crippen LogP contribution < -0.4 is 16.0 Å². The van der Waals surface area contributed by atoms with E-state index in [0.29, 0.717) is 34.1 Å². The molecule has 1 aliphatic rings. The number of aryl methyl sites for hydroxylation is 1. The second kappa shape index (κ2) is 8.37. The number of anilines is 1. The number of pyridine rings is 1. The maximum absolute atomic E-state index is 13.1. The van der Waals surface area contributed by atoms with E-state index in [0.717, 1.165) is 24.1 Å². The number of nitrogens with one attached hydrogen (secondary N) is 3. The van der Waals surface area contributed by atoms with Crippen LogP contribution >= 0.6 is 0 Å². The van der Waals surface area contributed by atoms with E-state index in [-0.39, 0.29) is 23.9 Å². The summed E-state index contributed by atoms with van der Waals surface area (Å²) >= 11 is 0. The average Bonchev–Trinajstić information content (AvgIpc) is 3.47. The maximum atomic E-state index is 13.1. The number of carbonyl (C=O) groups is 2. The molecule has 0 saturated heterocycles. The van der Waals surface area contributed by atoms with Crippen molar-refractivity contribution in [2.75, 3.05) is 5.32 Å². The summed E-state index contributed by atoms with van der Waals surface area (Å²) in [4.78, 5) is 29.5. The van der Waals surface area contributed by atoms with Crippen molar-refractivity contribution in [1.29, 1.82) is 0 Å². The van der Waals surface area contributed by atoms with E-state index in [1.54, 1.807) is 6.92 Å². The highest BCUT2D eigenvalue weighted by molar-refractivity contribution is 6.06. The fourth-order valence-electron chi connectivity index (χ4n) is 3.38. The number of rotatable bonds is 6. The van der Waals surface area contributed by atoms with Crippen LogP contribution in [-0.4, -0.2) is 28.1 Å². The van der Waals surface area contributed by atoms with Gasteiger partial charge in [-0.25, -0.2) is 9.78 Å². The van der Waals surface area contributed by atoms with E-state index in [9.17, 15) is 9.59 Å². The first-order chi connectivity index (χ1) is 14.8. The summed E-state index contributed by atoms with van der Waals surface area (Å²) in [6.07, 6.45) is 2.08. The van der Waals surface area contributed by atoms with Crippen molar-refractivity contribution in [3.63, 3.8) is 0 Å². The van der Waals surface area contributed by atoms with Gasteiger partial charge in [-0.05, 0) is 56.4 Å². The molecule has 4 rings (SSSR count). The van der Waals surface area contributed by atoms with Crippen molar-refractivity contribution in [3.05, 3.63) is 52.8 Å². The second-order valence-electron chi connectivity index (χ2n) is 8.39. The summed E-state index contributed by atoms with van der Waals surface area (Å²) in [5.74, 6) is -0.0601. The van der Waals surface area contributed by atoms with Crippen LogP contribution in [0.5, 0.6) is 0 Å². The summed E-state index contributed by atoms with van der Waals surface area (Å²) in [5.41, 5.74) is 3.93. The Morgan fingerprint density at radius 3 is 2.48 bits per heavy atom. The van der Waals surface area contributed by atoms with E-state index in [1.807, 2.05) is 51.1 Å². The Balaban J connectivity index is 1.48. The first-order valence-electron chi connectivity index (χ1n) is 10.6. The molecule has 0 radical (unpaired) electrons. The smallest absolute Gasteiger partial charge is 0.319 e. The highest BCUT2D eigenvalue weighted by atomic mass is 16.5. The van der Waals surface area contributed by atoms with Crippen LogP contribution in [0.15, 0.2) is 34.9 Å². The molecule has 1 atom stereocenters. The number of benzene rings is 1. The fourth-order valence-corrected chi connectivity index (χ4v) is 3.38. The van der Waals surface area contributed by atoms with E-state index in [4.69, 9.17) is 4.52 Å². The zero-order valence-corrected chi connectivity index (χ0v) is 18.2. The monoisotopic (exact) mass is 421 g/mol. The molecule has 1 fully saturated rings. The largest absolute Gasteiger partial charge is 0.345 e. The molecule has 3 aromatic rings. The minimum atomic E-state index is -0.229. The van der Waals surface area contributed by atoms with Gasteiger partial charge in [0, 0.05) is 17.4 Å². The zero-order chi connectivity index (χ0) is 22.1. The van der Waals surface area contributed by atoms with Gasteiger partial charge in [0.15, 0.2) is 0 Å². The summed E-state index contributed by atoms with van der Waals surface area (Å²) in [6.45, 7) is 7.75. The number of hydrogen-bond acceptors (Lipinski definition) is 5. The molecular formula is C23H27N5O3. The van der Waals surface area contributed by atoms with Gasteiger partial charge in [-0.3, -0.25) is 4.79 Å². The molecule has 8 nitrogen and oxygen atoms in total. The fraction of sp³-hybridized carbons (Fsp3) is 0.391. The van der Waals surface area contributed by atoms with Gasteiger partial charge in [0.05, 0.1) is 22.7 Å². The molecule has 1 saturated carbocycles. The first-order valence-corrected chi connectivity index (χ1v) is 10.6. The third-order valence-electron chi connectivity index (χ3n) is 5.40. The standard InChI is InChI=1S/C23H27N5O3/c1-12(2)19-11-18(20-14(4)28-31-22(20)27-19)21(29)24-13(3)15-5-7-16(8-6-15)25-23(30)26-17-9-10-17/h5-8,11-13,17H,9-10H2,1-4H3,(H,24,29)(H2,25,26,30). The van der Waals surface area contributed by atoms with Crippen molar-refractivity contribution in [2.24, 2.45) is 0 Å². The van der Waals surface area contributed by atoms with E-state index in [2.05, 4.69) is 26.1 Å². The van der Waals surface area contributed by atoms with Gasteiger partial charge in [0.1, 0.15) is 0 Å². The molecule has 3 amide bonds. The molecule has 162 valence electrons. The van der Waals surface area contributed by atoms with E-state index >= 15 is 0 Å². The second-order valence-corrected chi connectivity index (χ2v) is 8.39. The molecule has 0 spiro atoms. The van der Waals surface area contributed by atoms with Crippen LogP contribution in [0.25, 0.3) is 11.1 Å². The zero-order valence-electron chi connectivity index (χ0n) is 18.2. The molecule has 1 unspecified atom stereocenters.